The van der Waals surface area contributed by atoms with E-state index in [2.05, 4.69) is 0 Å². The standard InChI is InChI=1S/C6H10Cl2O2/c7-2-1-6-9-4-5(3-8)10-6/h5-6H,1-4H2. The first-order chi connectivity index (χ1) is 4.86. The Balaban J connectivity index is 2.15. The molecule has 1 rings (SSSR count). The minimum absolute atomic E-state index is 0.0647. The fraction of sp³-hybridized carbons (Fsp3) is 1.00. The van der Waals surface area contributed by atoms with E-state index in [1.165, 1.54) is 0 Å². The van der Waals surface area contributed by atoms with Crippen LogP contribution in [0.15, 0.2) is 0 Å². The van der Waals surface area contributed by atoms with E-state index >= 15 is 0 Å². The third-order valence-electron chi connectivity index (χ3n) is 1.33. The monoisotopic (exact) mass is 184 g/mol. The van der Waals surface area contributed by atoms with Crippen LogP contribution in [0.4, 0.5) is 0 Å². The molecule has 0 N–H and O–H groups in total. The van der Waals surface area contributed by atoms with Gasteiger partial charge in [0.2, 0.25) is 0 Å². The van der Waals surface area contributed by atoms with Crippen molar-refractivity contribution in [3.05, 3.63) is 0 Å². The second-order valence-corrected chi connectivity index (χ2v) is 2.84. The Hall–Kier alpha value is 0.500. The molecule has 1 fully saturated rings. The summed E-state index contributed by atoms with van der Waals surface area (Å²) in [5, 5.41) is 0. The molecule has 0 spiro atoms. The average molecular weight is 185 g/mol. The zero-order chi connectivity index (χ0) is 7.40. The van der Waals surface area contributed by atoms with Crippen molar-refractivity contribution < 1.29 is 9.47 Å². The molecule has 2 unspecified atom stereocenters. The maximum Gasteiger partial charge on any atom is 0.159 e. The van der Waals surface area contributed by atoms with Gasteiger partial charge >= 0.3 is 0 Å². The van der Waals surface area contributed by atoms with Gasteiger partial charge in [0.05, 0.1) is 18.6 Å². The van der Waals surface area contributed by atoms with E-state index in [-0.39, 0.29) is 12.4 Å². The van der Waals surface area contributed by atoms with Gasteiger partial charge in [-0.1, -0.05) is 0 Å². The van der Waals surface area contributed by atoms with Gasteiger partial charge in [-0.05, 0) is 0 Å². The first kappa shape index (κ1) is 8.60. The summed E-state index contributed by atoms with van der Waals surface area (Å²) in [6.07, 6.45) is 0.686. The normalized spacial score (nSPS) is 33.0. The third kappa shape index (κ3) is 2.27. The molecular weight excluding hydrogens is 175 g/mol. The Labute approximate surface area is 70.4 Å². The summed E-state index contributed by atoms with van der Waals surface area (Å²) in [4.78, 5) is 0. The highest BCUT2D eigenvalue weighted by Crippen LogP contribution is 2.15. The highest BCUT2D eigenvalue weighted by molar-refractivity contribution is 6.18. The van der Waals surface area contributed by atoms with Crippen molar-refractivity contribution in [3.63, 3.8) is 0 Å². The quantitative estimate of drug-likeness (QED) is 0.621. The maximum atomic E-state index is 5.54. The lowest BCUT2D eigenvalue weighted by molar-refractivity contribution is -0.0546. The Kier molecular flexibility index (Phi) is 3.78. The van der Waals surface area contributed by atoms with Gasteiger partial charge in [-0.3, -0.25) is 0 Å². The third-order valence-corrected chi connectivity index (χ3v) is 1.89. The first-order valence-electron chi connectivity index (χ1n) is 3.26. The van der Waals surface area contributed by atoms with E-state index in [0.717, 1.165) is 6.42 Å². The Morgan fingerprint density at radius 1 is 1.40 bits per heavy atom. The molecule has 0 radical (unpaired) electrons. The van der Waals surface area contributed by atoms with E-state index in [1.807, 2.05) is 0 Å². The number of rotatable bonds is 3. The highest BCUT2D eigenvalue weighted by atomic mass is 35.5. The lowest BCUT2D eigenvalue weighted by atomic mass is 10.4. The highest BCUT2D eigenvalue weighted by Gasteiger charge is 2.24. The van der Waals surface area contributed by atoms with Crippen LogP contribution in [-0.4, -0.2) is 30.8 Å². The molecule has 0 aromatic carbocycles. The molecule has 1 aliphatic rings. The predicted molar refractivity (Wildman–Crippen MR) is 40.7 cm³/mol. The molecule has 0 bridgehead atoms. The van der Waals surface area contributed by atoms with Crippen molar-refractivity contribution in [1.29, 1.82) is 0 Å². The van der Waals surface area contributed by atoms with Crippen molar-refractivity contribution in [2.24, 2.45) is 0 Å². The van der Waals surface area contributed by atoms with Gasteiger partial charge in [0, 0.05) is 12.3 Å². The summed E-state index contributed by atoms with van der Waals surface area (Å²) in [6.45, 7) is 0.602. The Bertz CT molecular complexity index is 99.7. The largest absolute Gasteiger partial charge is 0.350 e. The second kappa shape index (κ2) is 4.39. The zero-order valence-corrected chi connectivity index (χ0v) is 7.07. The van der Waals surface area contributed by atoms with Crippen molar-refractivity contribution in [3.8, 4) is 0 Å². The summed E-state index contributed by atoms with van der Waals surface area (Å²) in [7, 11) is 0. The van der Waals surface area contributed by atoms with Crippen LogP contribution in [0, 0.1) is 0 Å². The van der Waals surface area contributed by atoms with Crippen molar-refractivity contribution in [2.45, 2.75) is 18.8 Å². The summed E-state index contributed by atoms with van der Waals surface area (Å²) in [6, 6.07) is 0. The minimum atomic E-state index is -0.124. The molecule has 0 saturated carbocycles. The average Bonchev–Trinajstić information content (AvgIpc) is 2.37. The van der Waals surface area contributed by atoms with Gasteiger partial charge < -0.3 is 9.47 Å². The molecule has 10 heavy (non-hydrogen) atoms. The molecule has 60 valence electrons. The fourth-order valence-corrected chi connectivity index (χ4v) is 1.17. The number of ether oxygens (including phenoxy) is 2. The Morgan fingerprint density at radius 2 is 2.20 bits per heavy atom. The van der Waals surface area contributed by atoms with E-state index < -0.39 is 0 Å². The lowest BCUT2D eigenvalue weighted by Crippen LogP contribution is -2.13. The van der Waals surface area contributed by atoms with Crippen LogP contribution in [0.2, 0.25) is 0 Å². The molecule has 0 aliphatic carbocycles. The van der Waals surface area contributed by atoms with E-state index in [4.69, 9.17) is 32.7 Å². The molecule has 0 aromatic rings. The predicted octanol–water partition coefficient (Wildman–Crippen LogP) is 1.60. The van der Waals surface area contributed by atoms with E-state index in [0.29, 0.717) is 18.4 Å². The molecule has 2 nitrogen and oxygen atoms in total. The molecule has 1 saturated heterocycles. The van der Waals surface area contributed by atoms with Gasteiger partial charge in [-0.15, -0.1) is 23.2 Å². The molecular formula is C6H10Cl2O2. The van der Waals surface area contributed by atoms with Gasteiger partial charge in [-0.25, -0.2) is 0 Å². The molecule has 4 heteroatoms. The van der Waals surface area contributed by atoms with Crippen LogP contribution in [-0.2, 0) is 9.47 Å². The summed E-state index contributed by atoms with van der Waals surface area (Å²) >= 11 is 11.0. The van der Waals surface area contributed by atoms with Crippen LogP contribution in [0.25, 0.3) is 0 Å². The van der Waals surface area contributed by atoms with Crippen LogP contribution < -0.4 is 0 Å². The molecule has 2 atom stereocenters. The topological polar surface area (TPSA) is 18.5 Å². The first-order valence-corrected chi connectivity index (χ1v) is 4.32. The summed E-state index contributed by atoms with van der Waals surface area (Å²) in [5.41, 5.74) is 0. The van der Waals surface area contributed by atoms with E-state index in [9.17, 15) is 0 Å². The lowest BCUT2D eigenvalue weighted by Gasteiger charge is -2.06. The number of hydrogen-bond donors (Lipinski definition) is 0. The smallest absolute Gasteiger partial charge is 0.159 e. The fourth-order valence-electron chi connectivity index (χ4n) is 0.829. The van der Waals surface area contributed by atoms with Crippen LogP contribution in [0.1, 0.15) is 6.42 Å². The van der Waals surface area contributed by atoms with Crippen molar-refractivity contribution in [1.82, 2.24) is 0 Å². The maximum absolute atomic E-state index is 5.54. The van der Waals surface area contributed by atoms with Crippen molar-refractivity contribution in [2.75, 3.05) is 18.4 Å². The SMILES string of the molecule is ClCCC1OCC(CCl)O1. The number of halogens is 2. The summed E-state index contributed by atoms with van der Waals surface area (Å²) in [5.74, 6) is 1.07. The van der Waals surface area contributed by atoms with Crippen molar-refractivity contribution >= 4 is 23.2 Å². The molecule has 0 aromatic heterocycles. The Morgan fingerprint density at radius 3 is 2.70 bits per heavy atom. The van der Waals surface area contributed by atoms with Crippen LogP contribution in [0.5, 0.6) is 0 Å². The van der Waals surface area contributed by atoms with E-state index in [1.54, 1.807) is 0 Å². The van der Waals surface area contributed by atoms with Crippen LogP contribution in [0.3, 0.4) is 0 Å². The number of alkyl halides is 2. The molecule has 0 amide bonds. The van der Waals surface area contributed by atoms with Gasteiger partial charge in [0.1, 0.15) is 0 Å². The zero-order valence-electron chi connectivity index (χ0n) is 5.56. The second-order valence-electron chi connectivity index (χ2n) is 2.15. The van der Waals surface area contributed by atoms with Gasteiger partial charge in [0.15, 0.2) is 6.29 Å². The number of hydrogen-bond acceptors (Lipinski definition) is 2. The van der Waals surface area contributed by atoms with Gasteiger partial charge in [0.25, 0.3) is 0 Å². The molecule has 1 heterocycles. The van der Waals surface area contributed by atoms with Gasteiger partial charge in [-0.2, -0.15) is 0 Å². The summed E-state index contributed by atoms with van der Waals surface area (Å²) < 4.78 is 10.5. The molecule has 1 aliphatic heterocycles. The minimum Gasteiger partial charge on any atom is -0.350 e. The van der Waals surface area contributed by atoms with Crippen LogP contribution >= 0.6 is 23.2 Å².